The number of hydrogen-bond donors (Lipinski definition) is 1. The van der Waals surface area contributed by atoms with Gasteiger partial charge in [-0.15, -0.1) is 0 Å². The van der Waals surface area contributed by atoms with Crippen molar-refractivity contribution in [3.8, 4) is 0 Å². The van der Waals surface area contributed by atoms with E-state index in [0.29, 0.717) is 6.04 Å². The van der Waals surface area contributed by atoms with Crippen LogP contribution in [0.1, 0.15) is 20.3 Å². The van der Waals surface area contributed by atoms with E-state index in [2.05, 4.69) is 12.2 Å². The van der Waals surface area contributed by atoms with Crippen molar-refractivity contribution in [1.82, 2.24) is 0 Å². The molecule has 1 atom stereocenters. The van der Waals surface area contributed by atoms with Crippen molar-refractivity contribution < 1.29 is 4.39 Å². The Labute approximate surface area is 82.9 Å². The van der Waals surface area contributed by atoms with Crippen LogP contribution in [0.4, 0.5) is 10.1 Å². The van der Waals surface area contributed by atoms with Gasteiger partial charge in [0.05, 0.1) is 5.02 Å². The second kappa shape index (κ2) is 4.47. The largest absolute Gasteiger partial charge is 0.383 e. The summed E-state index contributed by atoms with van der Waals surface area (Å²) in [7, 11) is 0. The first kappa shape index (κ1) is 10.3. The molecule has 0 bridgehead atoms. The summed E-state index contributed by atoms with van der Waals surface area (Å²) >= 11 is 5.55. The first-order valence-electron chi connectivity index (χ1n) is 4.35. The molecular weight excluding hydrogens is 189 g/mol. The summed E-state index contributed by atoms with van der Waals surface area (Å²) in [6, 6.07) is 5.09. The molecule has 1 rings (SSSR count). The number of nitrogens with one attached hydrogen (secondary N) is 1. The van der Waals surface area contributed by atoms with E-state index in [1.165, 1.54) is 6.07 Å². The van der Waals surface area contributed by atoms with Gasteiger partial charge < -0.3 is 5.32 Å². The molecule has 0 amide bonds. The van der Waals surface area contributed by atoms with E-state index in [0.717, 1.165) is 12.1 Å². The van der Waals surface area contributed by atoms with Gasteiger partial charge in [0.2, 0.25) is 0 Å². The first-order valence-corrected chi connectivity index (χ1v) is 4.73. The fraction of sp³-hybridized carbons (Fsp3) is 0.400. The molecule has 1 N–H and O–H groups in total. The number of halogens is 2. The van der Waals surface area contributed by atoms with Gasteiger partial charge in [-0.25, -0.2) is 4.39 Å². The maximum Gasteiger partial charge on any atom is 0.143 e. The third-order valence-corrected chi connectivity index (χ3v) is 2.25. The van der Waals surface area contributed by atoms with E-state index in [1.807, 2.05) is 6.92 Å². The molecule has 3 heteroatoms. The number of anilines is 1. The molecule has 0 saturated heterocycles. The molecule has 13 heavy (non-hydrogen) atoms. The highest BCUT2D eigenvalue weighted by Gasteiger charge is 2.02. The van der Waals surface area contributed by atoms with Crippen LogP contribution in [0.2, 0.25) is 5.02 Å². The van der Waals surface area contributed by atoms with Gasteiger partial charge in [-0.05, 0) is 31.5 Å². The Balaban J connectivity index is 2.73. The molecule has 0 aromatic heterocycles. The maximum atomic E-state index is 13.0. The van der Waals surface area contributed by atoms with Crippen molar-refractivity contribution in [1.29, 1.82) is 0 Å². The lowest BCUT2D eigenvalue weighted by Crippen LogP contribution is -2.13. The highest BCUT2D eigenvalue weighted by atomic mass is 35.5. The van der Waals surface area contributed by atoms with Crippen LogP contribution in [-0.2, 0) is 0 Å². The monoisotopic (exact) mass is 201 g/mol. The van der Waals surface area contributed by atoms with Crippen LogP contribution in [0.15, 0.2) is 18.2 Å². The summed E-state index contributed by atoms with van der Waals surface area (Å²) < 4.78 is 13.0. The predicted molar refractivity (Wildman–Crippen MR) is 54.8 cm³/mol. The molecule has 0 aliphatic carbocycles. The van der Waals surface area contributed by atoms with E-state index in [9.17, 15) is 4.39 Å². The third-order valence-electron chi connectivity index (χ3n) is 1.95. The van der Waals surface area contributed by atoms with E-state index < -0.39 is 0 Å². The van der Waals surface area contributed by atoms with Gasteiger partial charge >= 0.3 is 0 Å². The zero-order chi connectivity index (χ0) is 9.84. The average Bonchev–Trinajstić information content (AvgIpc) is 2.11. The van der Waals surface area contributed by atoms with Gasteiger partial charge in [-0.1, -0.05) is 18.5 Å². The van der Waals surface area contributed by atoms with Crippen LogP contribution < -0.4 is 5.32 Å². The Morgan fingerprint density at radius 3 is 2.77 bits per heavy atom. The van der Waals surface area contributed by atoms with Crippen LogP contribution in [0.5, 0.6) is 0 Å². The second-order valence-corrected chi connectivity index (χ2v) is 3.49. The summed E-state index contributed by atoms with van der Waals surface area (Å²) in [4.78, 5) is 0. The van der Waals surface area contributed by atoms with E-state index in [-0.39, 0.29) is 10.8 Å². The molecule has 0 aliphatic rings. The molecule has 0 spiro atoms. The Morgan fingerprint density at radius 2 is 2.23 bits per heavy atom. The van der Waals surface area contributed by atoms with Gasteiger partial charge in [0.1, 0.15) is 5.82 Å². The van der Waals surface area contributed by atoms with Crippen LogP contribution in [-0.4, -0.2) is 6.04 Å². The molecule has 1 aromatic carbocycles. The molecular formula is C10H13ClFN. The molecule has 0 saturated carbocycles. The fourth-order valence-corrected chi connectivity index (χ4v) is 1.09. The minimum Gasteiger partial charge on any atom is -0.383 e. The standard InChI is InChI=1S/C10H13ClFN/c1-3-7(2)13-8-4-5-9(11)10(12)6-8/h4-7,13H,3H2,1-2H3. The van der Waals surface area contributed by atoms with Crippen molar-refractivity contribution >= 4 is 17.3 Å². The zero-order valence-corrected chi connectivity index (χ0v) is 8.53. The summed E-state index contributed by atoms with van der Waals surface area (Å²) in [5.74, 6) is -0.380. The summed E-state index contributed by atoms with van der Waals surface area (Å²) in [5, 5.41) is 3.32. The fourth-order valence-electron chi connectivity index (χ4n) is 0.972. The Bertz CT molecular complexity index is 288. The first-order chi connectivity index (χ1) is 6.13. The smallest absolute Gasteiger partial charge is 0.143 e. The Kier molecular flexibility index (Phi) is 3.55. The van der Waals surface area contributed by atoms with Crippen LogP contribution >= 0.6 is 11.6 Å². The second-order valence-electron chi connectivity index (χ2n) is 3.08. The normalized spacial score (nSPS) is 12.6. The summed E-state index contributed by atoms with van der Waals surface area (Å²) in [6.07, 6.45) is 1.00. The topological polar surface area (TPSA) is 12.0 Å². The average molecular weight is 202 g/mol. The summed E-state index contributed by atoms with van der Waals surface area (Å²) in [6.45, 7) is 4.12. The molecule has 72 valence electrons. The van der Waals surface area contributed by atoms with Gasteiger partial charge in [0, 0.05) is 11.7 Å². The van der Waals surface area contributed by atoms with E-state index >= 15 is 0 Å². The predicted octanol–water partition coefficient (Wildman–Crippen LogP) is 3.69. The quantitative estimate of drug-likeness (QED) is 0.787. The van der Waals surface area contributed by atoms with Crippen LogP contribution in [0.3, 0.4) is 0 Å². The van der Waals surface area contributed by atoms with Crippen molar-refractivity contribution in [2.24, 2.45) is 0 Å². The SMILES string of the molecule is CCC(C)Nc1ccc(Cl)c(F)c1. The molecule has 1 unspecified atom stereocenters. The molecule has 1 aromatic rings. The minimum atomic E-state index is -0.380. The number of hydrogen-bond acceptors (Lipinski definition) is 1. The van der Waals surface area contributed by atoms with Gasteiger partial charge in [-0.2, -0.15) is 0 Å². The third kappa shape index (κ3) is 2.88. The zero-order valence-electron chi connectivity index (χ0n) is 7.77. The lowest BCUT2D eigenvalue weighted by Gasteiger charge is -2.12. The van der Waals surface area contributed by atoms with Crippen LogP contribution in [0, 0.1) is 5.82 Å². The van der Waals surface area contributed by atoms with Gasteiger partial charge in [-0.3, -0.25) is 0 Å². The van der Waals surface area contributed by atoms with Crippen molar-refractivity contribution in [2.75, 3.05) is 5.32 Å². The molecule has 0 fully saturated rings. The maximum absolute atomic E-state index is 13.0. The lowest BCUT2D eigenvalue weighted by molar-refractivity contribution is 0.628. The summed E-state index contributed by atoms with van der Waals surface area (Å²) in [5.41, 5.74) is 0.774. The van der Waals surface area contributed by atoms with Crippen molar-refractivity contribution in [2.45, 2.75) is 26.3 Å². The van der Waals surface area contributed by atoms with Crippen LogP contribution in [0.25, 0.3) is 0 Å². The molecule has 0 aliphatic heterocycles. The molecule has 0 radical (unpaired) electrons. The number of benzene rings is 1. The van der Waals surface area contributed by atoms with E-state index in [4.69, 9.17) is 11.6 Å². The molecule has 0 heterocycles. The van der Waals surface area contributed by atoms with Crippen molar-refractivity contribution in [3.63, 3.8) is 0 Å². The Hall–Kier alpha value is -0.760. The minimum absolute atomic E-state index is 0.162. The molecule has 1 nitrogen and oxygen atoms in total. The Morgan fingerprint density at radius 1 is 1.54 bits per heavy atom. The van der Waals surface area contributed by atoms with Crippen molar-refractivity contribution in [3.05, 3.63) is 29.0 Å². The van der Waals surface area contributed by atoms with Gasteiger partial charge in [0.25, 0.3) is 0 Å². The number of rotatable bonds is 3. The highest BCUT2D eigenvalue weighted by molar-refractivity contribution is 6.30. The van der Waals surface area contributed by atoms with E-state index in [1.54, 1.807) is 12.1 Å². The lowest BCUT2D eigenvalue weighted by atomic mass is 10.2. The van der Waals surface area contributed by atoms with Gasteiger partial charge in [0.15, 0.2) is 0 Å². The highest BCUT2D eigenvalue weighted by Crippen LogP contribution is 2.19.